The average molecular weight is 470 g/mol. The lowest BCUT2D eigenvalue weighted by Gasteiger charge is -2.17. The lowest BCUT2D eigenvalue weighted by Crippen LogP contribution is -2.30. The monoisotopic (exact) mass is 469 g/mol. The Kier molecular flexibility index (Phi) is 6.09. The van der Waals surface area contributed by atoms with E-state index in [9.17, 15) is 8.42 Å². The van der Waals surface area contributed by atoms with Crippen LogP contribution in [0.5, 0.6) is 0 Å². The summed E-state index contributed by atoms with van der Waals surface area (Å²) >= 11 is 5.15. The van der Waals surface area contributed by atoms with Crippen LogP contribution in [0, 0.1) is 0 Å². The maximum Gasteiger partial charge on any atom is 0.189 e. The number of rotatable bonds is 7. The molecular weight excluding hydrogens is 446 g/mol. The number of aliphatic hydroxyl groups is 1. The summed E-state index contributed by atoms with van der Waals surface area (Å²) in [6, 6.07) is 17.2. The van der Waals surface area contributed by atoms with Gasteiger partial charge in [0.15, 0.2) is 20.8 Å². The highest BCUT2D eigenvalue weighted by Crippen LogP contribution is 2.54. The summed E-state index contributed by atoms with van der Waals surface area (Å²) in [6.45, 7) is 0.342. The second-order valence-corrected chi connectivity index (χ2v) is 10.2. The quantitative estimate of drug-likeness (QED) is 0.385. The zero-order valence-corrected chi connectivity index (χ0v) is 18.8. The number of thiocarbonyl (C=S) groups is 1. The summed E-state index contributed by atoms with van der Waals surface area (Å²) in [5.41, 5.74) is 7.91. The molecule has 1 heterocycles. The number of aliphatic hydroxyl groups excluding tert-OH is 1. The van der Waals surface area contributed by atoms with Gasteiger partial charge >= 0.3 is 0 Å². The van der Waals surface area contributed by atoms with Gasteiger partial charge in [0, 0.05) is 23.9 Å². The first-order valence-electron chi connectivity index (χ1n) is 10.1. The molecule has 0 unspecified atom stereocenters. The number of nitrogens with one attached hydrogen (secondary N) is 2. The second kappa shape index (κ2) is 8.81. The lowest BCUT2D eigenvalue weighted by atomic mass is 10.1. The van der Waals surface area contributed by atoms with Gasteiger partial charge in [-0.2, -0.15) is 0 Å². The molecule has 166 valence electrons. The van der Waals surface area contributed by atoms with Crippen LogP contribution in [0.25, 0.3) is 11.4 Å². The molecule has 0 radical (unpaired) electrons. The van der Waals surface area contributed by atoms with E-state index in [0.717, 1.165) is 5.69 Å². The SMILES string of the molecule is Nc1cc(C2(S(=O)(=O)c3ccccc3)CC2)nc(-c2ccc(NC(=S)NCCO)cc2)n1. The normalized spacial score (nSPS) is 14.5. The summed E-state index contributed by atoms with van der Waals surface area (Å²) < 4.78 is 25.6. The molecule has 4 rings (SSSR count). The molecule has 0 bridgehead atoms. The first-order chi connectivity index (χ1) is 15.4. The standard InChI is InChI=1S/C22H23N5O3S2/c23-19-14-18(22(10-11-22)32(29,30)17-4-2-1-3-5-17)26-20(27-19)15-6-8-16(9-7-15)25-21(31)24-12-13-28/h1-9,14,28H,10-13H2,(H2,23,26,27)(H2,24,25,31). The predicted molar refractivity (Wildman–Crippen MR) is 128 cm³/mol. The fourth-order valence-electron chi connectivity index (χ4n) is 3.48. The molecule has 10 heteroatoms. The van der Waals surface area contributed by atoms with Crippen LogP contribution < -0.4 is 16.4 Å². The Balaban J connectivity index is 1.62. The molecule has 0 aliphatic heterocycles. The molecule has 0 spiro atoms. The number of nitrogen functional groups attached to an aromatic ring is 1. The van der Waals surface area contributed by atoms with Crippen LogP contribution in [0.3, 0.4) is 0 Å². The third kappa shape index (κ3) is 4.29. The summed E-state index contributed by atoms with van der Waals surface area (Å²) in [5.74, 6) is 0.582. The number of benzene rings is 2. The van der Waals surface area contributed by atoms with Crippen molar-refractivity contribution in [2.24, 2.45) is 0 Å². The van der Waals surface area contributed by atoms with Crippen LogP contribution in [-0.2, 0) is 14.6 Å². The van der Waals surface area contributed by atoms with Gasteiger partial charge in [-0.25, -0.2) is 18.4 Å². The Morgan fingerprint density at radius 1 is 1.09 bits per heavy atom. The van der Waals surface area contributed by atoms with E-state index in [1.807, 2.05) is 12.1 Å². The molecule has 32 heavy (non-hydrogen) atoms. The van der Waals surface area contributed by atoms with Gasteiger partial charge in [-0.1, -0.05) is 18.2 Å². The van der Waals surface area contributed by atoms with E-state index in [-0.39, 0.29) is 17.3 Å². The molecule has 1 aliphatic rings. The van der Waals surface area contributed by atoms with Crippen LogP contribution in [-0.4, -0.2) is 41.8 Å². The molecule has 0 saturated heterocycles. The Bertz CT molecular complexity index is 1230. The highest BCUT2D eigenvalue weighted by atomic mass is 32.2. The average Bonchev–Trinajstić information content (AvgIpc) is 3.61. The van der Waals surface area contributed by atoms with Gasteiger partial charge in [-0.15, -0.1) is 0 Å². The Labute approximate surface area is 191 Å². The van der Waals surface area contributed by atoms with E-state index in [1.54, 1.807) is 48.5 Å². The number of nitrogens with zero attached hydrogens (tertiary/aromatic N) is 2. The van der Waals surface area contributed by atoms with E-state index in [0.29, 0.717) is 41.6 Å². The van der Waals surface area contributed by atoms with Crippen LogP contribution in [0.2, 0.25) is 0 Å². The van der Waals surface area contributed by atoms with Gasteiger partial charge in [0.2, 0.25) is 0 Å². The van der Waals surface area contributed by atoms with Crippen molar-refractivity contribution in [3.05, 3.63) is 66.4 Å². The predicted octanol–water partition coefficient (Wildman–Crippen LogP) is 2.47. The molecule has 1 saturated carbocycles. The molecule has 2 aromatic carbocycles. The van der Waals surface area contributed by atoms with Crippen molar-refractivity contribution >= 4 is 38.7 Å². The first-order valence-corrected chi connectivity index (χ1v) is 12.0. The van der Waals surface area contributed by atoms with E-state index in [2.05, 4.69) is 20.6 Å². The second-order valence-electron chi connectivity index (χ2n) is 7.49. The van der Waals surface area contributed by atoms with Crippen molar-refractivity contribution in [3.8, 4) is 11.4 Å². The van der Waals surface area contributed by atoms with Crippen molar-refractivity contribution < 1.29 is 13.5 Å². The molecule has 0 atom stereocenters. The molecule has 5 N–H and O–H groups in total. The van der Waals surface area contributed by atoms with Gasteiger partial charge in [0.05, 0.1) is 17.2 Å². The summed E-state index contributed by atoms with van der Waals surface area (Å²) in [4.78, 5) is 9.20. The molecular formula is C22H23N5O3S2. The van der Waals surface area contributed by atoms with Gasteiger partial charge in [0.25, 0.3) is 0 Å². The summed E-state index contributed by atoms with van der Waals surface area (Å²) in [6.07, 6.45) is 0.975. The van der Waals surface area contributed by atoms with Gasteiger partial charge < -0.3 is 21.5 Å². The largest absolute Gasteiger partial charge is 0.395 e. The number of hydrogen-bond donors (Lipinski definition) is 4. The molecule has 1 fully saturated rings. The summed E-state index contributed by atoms with van der Waals surface area (Å²) in [5, 5.41) is 15.1. The van der Waals surface area contributed by atoms with Crippen molar-refractivity contribution in [1.29, 1.82) is 0 Å². The molecule has 1 aliphatic carbocycles. The lowest BCUT2D eigenvalue weighted by molar-refractivity contribution is 0.300. The highest BCUT2D eigenvalue weighted by Gasteiger charge is 2.57. The van der Waals surface area contributed by atoms with Crippen molar-refractivity contribution in [2.75, 3.05) is 24.2 Å². The zero-order valence-electron chi connectivity index (χ0n) is 17.2. The maximum absolute atomic E-state index is 13.4. The van der Waals surface area contributed by atoms with Crippen LogP contribution in [0.15, 0.2) is 65.6 Å². The van der Waals surface area contributed by atoms with Gasteiger partial charge in [-0.3, -0.25) is 0 Å². The van der Waals surface area contributed by atoms with E-state index in [4.69, 9.17) is 23.1 Å². The molecule has 3 aromatic rings. The number of sulfone groups is 1. The third-order valence-corrected chi connectivity index (χ3v) is 8.07. The molecule has 0 amide bonds. The smallest absolute Gasteiger partial charge is 0.189 e. The minimum atomic E-state index is -3.62. The maximum atomic E-state index is 13.4. The molecule has 1 aromatic heterocycles. The number of nitrogens with two attached hydrogens (primary N) is 1. The highest BCUT2D eigenvalue weighted by molar-refractivity contribution is 7.92. The van der Waals surface area contributed by atoms with Crippen molar-refractivity contribution in [1.82, 2.24) is 15.3 Å². The van der Waals surface area contributed by atoms with Crippen LogP contribution in [0.1, 0.15) is 18.5 Å². The Morgan fingerprint density at radius 2 is 1.78 bits per heavy atom. The third-order valence-electron chi connectivity index (χ3n) is 5.28. The fourth-order valence-corrected chi connectivity index (χ4v) is 5.68. The Morgan fingerprint density at radius 3 is 2.41 bits per heavy atom. The number of aromatic nitrogens is 2. The van der Waals surface area contributed by atoms with Crippen molar-refractivity contribution in [2.45, 2.75) is 22.5 Å². The number of anilines is 2. The topological polar surface area (TPSA) is 130 Å². The number of hydrogen-bond acceptors (Lipinski definition) is 7. The zero-order chi connectivity index (χ0) is 22.8. The minimum Gasteiger partial charge on any atom is -0.395 e. The van der Waals surface area contributed by atoms with E-state index < -0.39 is 14.6 Å². The minimum absolute atomic E-state index is 0.0165. The van der Waals surface area contributed by atoms with Gasteiger partial charge in [0.1, 0.15) is 10.6 Å². The molecule has 8 nitrogen and oxygen atoms in total. The van der Waals surface area contributed by atoms with E-state index in [1.165, 1.54) is 0 Å². The first kappa shape index (κ1) is 22.1. The fraction of sp³-hybridized carbons (Fsp3) is 0.227. The summed E-state index contributed by atoms with van der Waals surface area (Å²) in [7, 11) is -3.62. The Hall–Kier alpha value is -3.08. The van der Waals surface area contributed by atoms with Crippen LogP contribution >= 0.6 is 12.2 Å². The van der Waals surface area contributed by atoms with Crippen molar-refractivity contribution in [3.63, 3.8) is 0 Å². The van der Waals surface area contributed by atoms with E-state index >= 15 is 0 Å². The van der Waals surface area contributed by atoms with Gasteiger partial charge in [-0.05, 0) is 61.5 Å². The van der Waals surface area contributed by atoms with Crippen LogP contribution in [0.4, 0.5) is 11.5 Å².